The molecule has 0 radical (unpaired) electrons. The molecule has 1 N–H and O–H groups in total. The summed E-state index contributed by atoms with van der Waals surface area (Å²) in [5.74, 6) is -0.131. The fraction of sp³-hybridized carbons (Fsp3) is 0.190. The van der Waals surface area contributed by atoms with Gasteiger partial charge in [0.25, 0.3) is 11.8 Å². The first-order chi connectivity index (χ1) is 13.7. The molecule has 1 aliphatic heterocycles. The molecule has 0 aromatic heterocycles. The van der Waals surface area contributed by atoms with Gasteiger partial charge in [-0.2, -0.15) is 5.01 Å². The average Bonchev–Trinajstić information content (AvgIpc) is 2.90. The molecule has 2 aromatic rings. The zero-order valence-corrected chi connectivity index (χ0v) is 18.5. The maximum Gasteiger partial charge on any atom is 0.285 e. The van der Waals surface area contributed by atoms with Crippen molar-refractivity contribution in [3.8, 4) is 5.75 Å². The first kappa shape index (κ1) is 21.4. The van der Waals surface area contributed by atoms with E-state index in [1.54, 1.807) is 24.3 Å². The number of hydrogen-bond acceptors (Lipinski definition) is 5. The van der Waals surface area contributed by atoms with E-state index in [0.717, 1.165) is 33.6 Å². The van der Waals surface area contributed by atoms with Crippen molar-refractivity contribution in [3.63, 3.8) is 0 Å². The second kappa shape index (κ2) is 8.98. The lowest BCUT2D eigenvalue weighted by Crippen LogP contribution is -2.44. The number of rotatable bonds is 5. The summed E-state index contributed by atoms with van der Waals surface area (Å²) in [7, 11) is 0. The van der Waals surface area contributed by atoms with Crippen LogP contribution in [0.1, 0.15) is 35.3 Å². The molecule has 5 nitrogen and oxygen atoms in total. The van der Waals surface area contributed by atoms with Gasteiger partial charge in [-0.25, -0.2) is 0 Å². The second-order valence-electron chi connectivity index (χ2n) is 6.68. The Balaban J connectivity index is 1.73. The summed E-state index contributed by atoms with van der Waals surface area (Å²) in [5.41, 5.74) is 4.58. The first-order valence-electron chi connectivity index (χ1n) is 8.86. The molecular formula is C21H19ClN2O3S2. The van der Waals surface area contributed by atoms with Gasteiger partial charge in [-0.3, -0.25) is 15.0 Å². The van der Waals surface area contributed by atoms with Gasteiger partial charge in [0.15, 0.2) is 4.32 Å². The van der Waals surface area contributed by atoms with Crippen LogP contribution in [0.3, 0.4) is 0 Å². The number of benzene rings is 2. The third-order valence-electron chi connectivity index (χ3n) is 3.93. The van der Waals surface area contributed by atoms with Gasteiger partial charge in [0.1, 0.15) is 5.75 Å². The number of hydrogen-bond donors (Lipinski definition) is 1. The normalized spacial score (nSPS) is 15.3. The minimum atomic E-state index is -0.497. The molecule has 150 valence electrons. The molecular weight excluding hydrogens is 428 g/mol. The molecule has 2 amide bonds. The van der Waals surface area contributed by atoms with Gasteiger partial charge in [0.05, 0.1) is 21.6 Å². The zero-order valence-electron chi connectivity index (χ0n) is 16.1. The molecule has 0 bridgehead atoms. The maximum absolute atomic E-state index is 12.7. The molecule has 0 unspecified atom stereocenters. The van der Waals surface area contributed by atoms with E-state index >= 15 is 0 Å². The van der Waals surface area contributed by atoms with Crippen LogP contribution < -0.4 is 10.2 Å². The average molecular weight is 447 g/mol. The third-order valence-corrected chi connectivity index (χ3v) is 5.54. The molecule has 0 saturated carbocycles. The predicted octanol–water partition coefficient (Wildman–Crippen LogP) is 4.98. The fourth-order valence-electron chi connectivity index (χ4n) is 2.60. The largest absolute Gasteiger partial charge is 0.491 e. The highest BCUT2D eigenvalue weighted by Gasteiger charge is 2.34. The number of nitrogens with one attached hydrogen (secondary N) is 1. The lowest BCUT2D eigenvalue weighted by Gasteiger charge is -2.16. The molecule has 3 rings (SSSR count). The van der Waals surface area contributed by atoms with Crippen molar-refractivity contribution in [2.24, 2.45) is 0 Å². The number of amides is 2. The van der Waals surface area contributed by atoms with Crippen LogP contribution in [0.5, 0.6) is 5.75 Å². The Morgan fingerprint density at radius 2 is 1.93 bits per heavy atom. The Kier molecular flexibility index (Phi) is 6.62. The van der Waals surface area contributed by atoms with Crippen molar-refractivity contribution >= 4 is 57.8 Å². The van der Waals surface area contributed by atoms with Gasteiger partial charge in [-0.05, 0) is 74.5 Å². The van der Waals surface area contributed by atoms with E-state index < -0.39 is 5.91 Å². The van der Waals surface area contributed by atoms with E-state index in [1.165, 1.54) is 0 Å². The van der Waals surface area contributed by atoms with Crippen LogP contribution >= 0.6 is 35.6 Å². The van der Waals surface area contributed by atoms with E-state index in [0.29, 0.717) is 9.93 Å². The standard InChI is InChI=1S/C21H19ClN2O3S2/c1-12(2)27-15-7-5-14(6-8-15)11-18-20(26)24(21(28)29-18)23-19(25)16-9-4-13(3)10-17(16)22/h4-12H,1-3H3,(H,23,25)/b18-11-. The van der Waals surface area contributed by atoms with Gasteiger partial charge in [0.2, 0.25) is 0 Å². The molecule has 0 spiro atoms. The maximum atomic E-state index is 12.7. The molecule has 2 aromatic carbocycles. The summed E-state index contributed by atoms with van der Waals surface area (Å²) >= 11 is 12.5. The Labute approximate surface area is 184 Å². The topological polar surface area (TPSA) is 58.6 Å². The van der Waals surface area contributed by atoms with E-state index in [9.17, 15) is 9.59 Å². The highest BCUT2D eigenvalue weighted by Crippen LogP contribution is 2.32. The van der Waals surface area contributed by atoms with Gasteiger partial charge in [-0.15, -0.1) is 0 Å². The summed E-state index contributed by atoms with van der Waals surface area (Å²) in [4.78, 5) is 25.7. The monoisotopic (exact) mass is 446 g/mol. The number of ether oxygens (including phenoxy) is 1. The van der Waals surface area contributed by atoms with Crippen molar-refractivity contribution in [1.29, 1.82) is 0 Å². The lowest BCUT2D eigenvalue weighted by atomic mass is 10.1. The summed E-state index contributed by atoms with van der Waals surface area (Å²) in [6, 6.07) is 12.5. The second-order valence-corrected chi connectivity index (χ2v) is 8.76. The summed E-state index contributed by atoms with van der Waals surface area (Å²) in [6.45, 7) is 5.79. The summed E-state index contributed by atoms with van der Waals surface area (Å²) < 4.78 is 5.86. The van der Waals surface area contributed by atoms with Crippen LogP contribution in [-0.4, -0.2) is 27.2 Å². The van der Waals surface area contributed by atoms with E-state index in [1.807, 2.05) is 45.0 Å². The van der Waals surface area contributed by atoms with Crippen LogP contribution in [0.25, 0.3) is 6.08 Å². The quantitative estimate of drug-likeness (QED) is 0.518. The van der Waals surface area contributed by atoms with Crippen LogP contribution in [0.4, 0.5) is 0 Å². The fourth-order valence-corrected chi connectivity index (χ4v) is 4.10. The van der Waals surface area contributed by atoms with Gasteiger partial charge in [-0.1, -0.05) is 41.6 Å². The Morgan fingerprint density at radius 3 is 2.55 bits per heavy atom. The van der Waals surface area contributed by atoms with Crippen molar-refractivity contribution in [3.05, 3.63) is 69.1 Å². The molecule has 1 fully saturated rings. The number of carbonyl (C=O) groups excluding carboxylic acids is 2. The van der Waals surface area contributed by atoms with Crippen molar-refractivity contribution < 1.29 is 14.3 Å². The van der Waals surface area contributed by atoms with Gasteiger partial charge in [0, 0.05) is 0 Å². The Hall–Kier alpha value is -2.35. The number of hydrazine groups is 1. The molecule has 0 atom stereocenters. The molecule has 1 heterocycles. The number of nitrogens with zero attached hydrogens (tertiary/aromatic N) is 1. The van der Waals surface area contributed by atoms with Crippen LogP contribution in [0.15, 0.2) is 47.4 Å². The third kappa shape index (κ3) is 5.18. The minimum absolute atomic E-state index is 0.0859. The zero-order chi connectivity index (χ0) is 21.1. The van der Waals surface area contributed by atoms with Crippen molar-refractivity contribution in [2.45, 2.75) is 26.9 Å². The number of thioether (sulfide) groups is 1. The molecule has 8 heteroatoms. The van der Waals surface area contributed by atoms with Crippen molar-refractivity contribution in [2.75, 3.05) is 0 Å². The van der Waals surface area contributed by atoms with Crippen LogP contribution in [0, 0.1) is 6.92 Å². The lowest BCUT2D eigenvalue weighted by molar-refractivity contribution is -0.123. The summed E-state index contributed by atoms with van der Waals surface area (Å²) in [5, 5.41) is 1.38. The minimum Gasteiger partial charge on any atom is -0.491 e. The first-order valence-corrected chi connectivity index (χ1v) is 10.5. The SMILES string of the molecule is Cc1ccc(C(=O)NN2C(=O)/C(=C/c3ccc(OC(C)C)cc3)SC2=S)c(Cl)c1. The van der Waals surface area contributed by atoms with Crippen LogP contribution in [-0.2, 0) is 4.79 Å². The molecule has 1 saturated heterocycles. The van der Waals surface area contributed by atoms with Crippen LogP contribution in [0.2, 0.25) is 5.02 Å². The summed E-state index contributed by atoms with van der Waals surface area (Å²) in [6.07, 6.45) is 1.81. The molecule has 1 aliphatic rings. The van der Waals surface area contributed by atoms with Crippen molar-refractivity contribution in [1.82, 2.24) is 10.4 Å². The Bertz CT molecular complexity index is 1000. The number of halogens is 1. The smallest absolute Gasteiger partial charge is 0.285 e. The van der Waals surface area contributed by atoms with E-state index in [4.69, 9.17) is 28.6 Å². The van der Waals surface area contributed by atoms with E-state index in [-0.39, 0.29) is 21.9 Å². The molecule has 29 heavy (non-hydrogen) atoms. The molecule has 0 aliphatic carbocycles. The number of aryl methyl sites for hydroxylation is 1. The van der Waals surface area contributed by atoms with Gasteiger partial charge >= 0.3 is 0 Å². The number of carbonyl (C=O) groups is 2. The highest BCUT2D eigenvalue weighted by atomic mass is 35.5. The van der Waals surface area contributed by atoms with E-state index in [2.05, 4.69) is 5.43 Å². The highest BCUT2D eigenvalue weighted by molar-refractivity contribution is 8.26. The predicted molar refractivity (Wildman–Crippen MR) is 121 cm³/mol. The van der Waals surface area contributed by atoms with Gasteiger partial charge < -0.3 is 4.74 Å². The number of thiocarbonyl (C=S) groups is 1. The Morgan fingerprint density at radius 1 is 1.24 bits per heavy atom.